The monoisotopic (exact) mass is 418 g/mol. The Labute approximate surface area is 178 Å². The average Bonchev–Trinajstić information content (AvgIpc) is 3.30. The summed E-state index contributed by atoms with van der Waals surface area (Å²) in [5.41, 5.74) is 3.26. The van der Waals surface area contributed by atoms with Gasteiger partial charge in [0, 0.05) is 24.1 Å². The quantitative estimate of drug-likeness (QED) is 0.694. The summed E-state index contributed by atoms with van der Waals surface area (Å²) in [7, 11) is 0. The van der Waals surface area contributed by atoms with E-state index in [1.54, 1.807) is 4.57 Å². The molecule has 31 heavy (non-hydrogen) atoms. The molecule has 7 heteroatoms. The Morgan fingerprint density at radius 1 is 1.35 bits per heavy atom. The minimum absolute atomic E-state index is 0.108. The van der Waals surface area contributed by atoms with Crippen LogP contribution in [0, 0.1) is 0 Å². The molecule has 1 N–H and O–H groups in total. The summed E-state index contributed by atoms with van der Waals surface area (Å²) in [6.45, 7) is 5.06. The predicted octanol–water partition coefficient (Wildman–Crippen LogP) is 3.76. The van der Waals surface area contributed by atoms with E-state index < -0.39 is 5.97 Å². The van der Waals surface area contributed by atoms with Gasteiger partial charge in [0.15, 0.2) is 0 Å². The standard InChI is InChI=1S/C24H22N2O5/c1-3-30-20-11-16-8-13(2)31-21(16)12-17(20)9-14-6-7-26-22(14)25-19-10-15(24(28)29)4-5-18(19)23(26)27/h4-5,9-13H,3,6-8H2,1-2H3,(H,28,29)/b14-9+/t13-/m0/s1. The van der Waals surface area contributed by atoms with Gasteiger partial charge >= 0.3 is 5.97 Å². The van der Waals surface area contributed by atoms with Crippen LogP contribution in [0.15, 0.2) is 35.1 Å². The van der Waals surface area contributed by atoms with Gasteiger partial charge in [-0.25, -0.2) is 9.78 Å². The van der Waals surface area contributed by atoms with E-state index in [0.717, 1.165) is 34.6 Å². The number of hydrogen-bond acceptors (Lipinski definition) is 5. The molecule has 2 aliphatic rings. The lowest BCUT2D eigenvalue weighted by molar-refractivity contribution is 0.0697. The van der Waals surface area contributed by atoms with Crippen molar-refractivity contribution in [1.82, 2.24) is 9.55 Å². The number of nitrogens with zero attached hydrogens (tertiary/aromatic N) is 2. The Morgan fingerprint density at radius 2 is 2.19 bits per heavy atom. The zero-order chi connectivity index (χ0) is 21.7. The molecular weight excluding hydrogens is 396 g/mol. The van der Waals surface area contributed by atoms with E-state index in [-0.39, 0.29) is 17.2 Å². The molecule has 3 heterocycles. The van der Waals surface area contributed by atoms with E-state index in [1.165, 1.54) is 18.2 Å². The van der Waals surface area contributed by atoms with E-state index in [1.807, 2.05) is 32.1 Å². The molecule has 5 rings (SSSR count). The summed E-state index contributed by atoms with van der Waals surface area (Å²) in [4.78, 5) is 29.0. The SMILES string of the molecule is CCOc1cc2c(cc1/C=C1\CCn3c1nc1cc(C(=O)O)ccc1c3=O)O[C@@H](C)C2. The van der Waals surface area contributed by atoms with Gasteiger partial charge in [0.1, 0.15) is 23.4 Å². The Kier molecular flexibility index (Phi) is 4.54. The minimum Gasteiger partial charge on any atom is -0.493 e. The van der Waals surface area contributed by atoms with Crippen molar-refractivity contribution >= 4 is 28.5 Å². The second-order valence-electron chi connectivity index (χ2n) is 7.91. The van der Waals surface area contributed by atoms with Gasteiger partial charge in [-0.05, 0) is 62.2 Å². The minimum atomic E-state index is -1.05. The van der Waals surface area contributed by atoms with E-state index in [2.05, 4.69) is 4.98 Å². The Bertz CT molecular complexity index is 1320. The second kappa shape index (κ2) is 7.27. The summed E-state index contributed by atoms with van der Waals surface area (Å²) in [5, 5.41) is 9.70. The van der Waals surface area contributed by atoms with Crippen molar-refractivity contribution < 1.29 is 19.4 Å². The first-order valence-corrected chi connectivity index (χ1v) is 10.4. The van der Waals surface area contributed by atoms with Crippen molar-refractivity contribution in [3.05, 3.63) is 63.2 Å². The van der Waals surface area contributed by atoms with Crippen LogP contribution in [0.25, 0.3) is 22.6 Å². The van der Waals surface area contributed by atoms with Crippen LogP contribution < -0.4 is 15.0 Å². The normalized spacial score (nSPS) is 18.1. The molecule has 0 aliphatic carbocycles. The highest BCUT2D eigenvalue weighted by molar-refractivity contribution is 5.93. The van der Waals surface area contributed by atoms with Crippen molar-refractivity contribution in [3.8, 4) is 11.5 Å². The third-order valence-corrected chi connectivity index (χ3v) is 5.75. The van der Waals surface area contributed by atoms with Crippen molar-refractivity contribution in [2.75, 3.05) is 6.61 Å². The third-order valence-electron chi connectivity index (χ3n) is 5.75. The molecule has 3 aromatic rings. The number of aromatic carboxylic acids is 1. The molecule has 0 saturated heterocycles. The molecule has 0 bridgehead atoms. The summed E-state index contributed by atoms with van der Waals surface area (Å²) in [5.74, 6) is 1.16. The largest absolute Gasteiger partial charge is 0.493 e. The summed E-state index contributed by atoms with van der Waals surface area (Å²) in [6, 6.07) is 8.44. The molecule has 1 aromatic heterocycles. The van der Waals surface area contributed by atoms with Crippen LogP contribution in [0.1, 0.15) is 47.6 Å². The van der Waals surface area contributed by atoms with E-state index >= 15 is 0 Å². The van der Waals surface area contributed by atoms with Crippen molar-refractivity contribution in [2.24, 2.45) is 0 Å². The van der Waals surface area contributed by atoms with Crippen molar-refractivity contribution in [2.45, 2.75) is 39.3 Å². The second-order valence-corrected chi connectivity index (χ2v) is 7.91. The number of ether oxygens (including phenoxy) is 2. The van der Waals surface area contributed by atoms with Crippen LogP contribution in [-0.2, 0) is 13.0 Å². The van der Waals surface area contributed by atoms with Crippen LogP contribution >= 0.6 is 0 Å². The number of hydrogen-bond donors (Lipinski definition) is 1. The Hall–Kier alpha value is -3.61. The number of benzene rings is 2. The summed E-state index contributed by atoms with van der Waals surface area (Å²) < 4.78 is 13.4. The van der Waals surface area contributed by atoms with E-state index in [9.17, 15) is 14.7 Å². The molecule has 0 amide bonds. The average molecular weight is 418 g/mol. The number of aromatic nitrogens is 2. The maximum absolute atomic E-state index is 13.0. The number of allylic oxidation sites excluding steroid dienone is 1. The van der Waals surface area contributed by atoms with Gasteiger partial charge in [0.05, 0.1) is 23.1 Å². The lowest BCUT2D eigenvalue weighted by atomic mass is 10.0. The number of rotatable bonds is 4. The Balaban J connectivity index is 1.64. The highest BCUT2D eigenvalue weighted by Crippen LogP contribution is 2.38. The van der Waals surface area contributed by atoms with Gasteiger partial charge in [-0.15, -0.1) is 0 Å². The lowest BCUT2D eigenvalue weighted by Crippen LogP contribution is -2.21. The predicted molar refractivity (Wildman–Crippen MR) is 117 cm³/mol. The van der Waals surface area contributed by atoms with Crippen LogP contribution in [0.2, 0.25) is 0 Å². The molecule has 2 aliphatic heterocycles. The van der Waals surface area contributed by atoms with Gasteiger partial charge in [-0.3, -0.25) is 9.36 Å². The summed E-state index contributed by atoms with van der Waals surface area (Å²) >= 11 is 0. The smallest absolute Gasteiger partial charge is 0.335 e. The maximum atomic E-state index is 13.0. The number of fused-ring (bicyclic) bond motifs is 3. The van der Waals surface area contributed by atoms with Gasteiger partial charge in [-0.1, -0.05) is 0 Å². The molecule has 2 aromatic carbocycles. The molecule has 0 radical (unpaired) electrons. The molecule has 0 saturated carbocycles. The van der Waals surface area contributed by atoms with Gasteiger partial charge in [0.25, 0.3) is 5.56 Å². The highest BCUT2D eigenvalue weighted by Gasteiger charge is 2.24. The summed E-state index contributed by atoms with van der Waals surface area (Å²) in [6.07, 6.45) is 3.64. The number of carbonyl (C=O) groups is 1. The first kappa shape index (κ1) is 19.4. The topological polar surface area (TPSA) is 90.7 Å². The molecule has 7 nitrogen and oxygen atoms in total. The highest BCUT2D eigenvalue weighted by atomic mass is 16.5. The Morgan fingerprint density at radius 3 is 2.97 bits per heavy atom. The van der Waals surface area contributed by atoms with Gasteiger partial charge < -0.3 is 14.6 Å². The van der Waals surface area contributed by atoms with Crippen molar-refractivity contribution in [1.29, 1.82) is 0 Å². The van der Waals surface area contributed by atoms with Gasteiger partial charge in [-0.2, -0.15) is 0 Å². The first-order chi connectivity index (χ1) is 14.9. The first-order valence-electron chi connectivity index (χ1n) is 10.4. The molecule has 158 valence electrons. The van der Waals surface area contributed by atoms with E-state index in [0.29, 0.717) is 36.3 Å². The van der Waals surface area contributed by atoms with Crippen LogP contribution in [0.3, 0.4) is 0 Å². The van der Waals surface area contributed by atoms with Gasteiger partial charge in [0.2, 0.25) is 0 Å². The lowest BCUT2D eigenvalue weighted by Gasteiger charge is -2.11. The fraction of sp³-hybridized carbons (Fsp3) is 0.292. The molecule has 0 unspecified atom stereocenters. The fourth-order valence-corrected chi connectivity index (χ4v) is 4.32. The van der Waals surface area contributed by atoms with Crippen LogP contribution in [0.4, 0.5) is 0 Å². The van der Waals surface area contributed by atoms with Crippen LogP contribution in [0.5, 0.6) is 11.5 Å². The fourth-order valence-electron chi connectivity index (χ4n) is 4.32. The zero-order valence-electron chi connectivity index (χ0n) is 17.3. The molecular formula is C24H22N2O5. The third kappa shape index (κ3) is 3.26. The maximum Gasteiger partial charge on any atom is 0.335 e. The number of carboxylic acid groups (broad SMARTS) is 1. The molecule has 0 spiro atoms. The zero-order valence-corrected chi connectivity index (χ0v) is 17.3. The van der Waals surface area contributed by atoms with Crippen LogP contribution in [-0.4, -0.2) is 33.3 Å². The van der Waals surface area contributed by atoms with E-state index in [4.69, 9.17) is 9.47 Å². The molecule has 1 atom stereocenters. The number of carboxylic acids is 1. The van der Waals surface area contributed by atoms with Crippen molar-refractivity contribution in [3.63, 3.8) is 0 Å². The molecule has 0 fully saturated rings.